The molecule has 1 atom stereocenters. The smallest absolute Gasteiger partial charge is 0.229 e. The van der Waals surface area contributed by atoms with E-state index in [1.54, 1.807) is 0 Å². The fourth-order valence-electron chi connectivity index (χ4n) is 1.21. The first-order valence-corrected chi connectivity index (χ1v) is 5.28. The second kappa shape index (κ2) is 8.23. The Morgan fingerprint density at radius 2 is 1.87 bits per heavy atom. The van der Waals surface area contributed by atoms with Gasteiger partial charge in [0.2, 0.25) is 11.8 Å². The summed E-state index contributed by atoms with van der Waals surface area (Å²) in [6, 6.07) is 0.148. The van der Waals surface area contributed by atoms with Crippen LogP contribution in [-0.2, 0) is 9.59 Å². The summed E-state index contributed by atoms with van der Waals surface area (Å²) in [4.78, 5) is 22.3. The molecule has 5 heteroatoms. The molecule has 0 radical (unpaired) electrons. The first-order chi connectivity index (χ1) is 7.13. The summed E-state index contributed by atoms with van der Waals surface area (Å²) < 4.78 is 0. The van der Waals surface area contributed by atoms with Crippen LogP contribution >= 0.6 is 0 Å². The molecule has 2 amide bonds. The molecule has 5 nitrogen and oxygen atoms in total. The maximum atomic E-state index is 11.4. The third-order valence-corrected chi connectivity index (χ3v) is 2.20. The zero-order valence-electron chi connectivity index (χ0n) is 9.72. The first kappa shape index (κ1) is 13.9. The Bertz CT molecular complexity index is 207. The molecule has 0 aromatic rings. The number of hydrogen-bond donors (Lipinski definition) is 3. The third-order valence-electron chi connectivity index (χ3n) is 2.20. The zero-order valence-corrected chi connectivity index (χ0v) is 9.72. The van der Waals surface area contributed by atoms with E-state index in [9.17, 15) is 9.59 Å². The number of rotatable bonds is 7. The Kier molecular flexibility index (Phi) is 7.62. The number of hydrogen-bond acceptors (Lipinski definition) is 3. The van der Waals surface area contributed by atoms with Gasteiger partial charge in [0, 0.05) is 13.1 Å². The fraction of sp³-hybridized carbons (Fsp3) is 0.800. The minimum absolute atomic E-state index is 0.0907. The second-order valence-electron chi connectivity index (χ2n) is 3.41. The summed E-state index contributed by atoms with van der Waals surface area (Å²) in [5.74, 6) is -0.465. The average Bonchev–Trinajstić information content (AvgIpc) is 2.23. The third kappa shape index (κ3) is 6.90. The Balaban J connectivity index is 3.84. The Morgan fingerprint density at radius 3 is 2.33 bits per heavy atom. The molecule has 15 heavy (non-hydrogen) atoms. The van der Waals surface area contributed by atoms with Crippen molar-refractivity contribution in [2.45, 2.75) is 32.2 Å². The maximum absolute atomic E-state index is 11.4. The average molecular weight is 215 g/mol. The molecular weight excluding hydrogens is 194 g/mol. The molecule has 0 aromatic heterocycles. The summed E-state index contributed by atoms with van der Waals surface area (Å²) in [6.45, 7) is 2.87. The highest BCUT2D eigenvalue weighted by Crippen LogP contribution is 1.97. The SMILES string of the molecule is CCC(CCNC)NC(=O)CC(=O)NC. The van der Waals surface area contributed by atoms with Gasteiger partial charge >= 0.3 is 0 Å². The molecule has 0 aliphatic rings. The summed E-state index contributed by atoms with van der Waals surface area (Å²) >= 11 is 0. The minimum Gasteiger partial charge on any atom is -0.359 e. The first-order valence-electron chi connectivity index (χ1n) is 5.28. The molecule has 0 saturated carbocycles. The summed E-state index contributed by atoms with van der Waals surface area (Å²) in [5.41, 5.74) is 0. The summed E-state index contributed by atoms with van der Waals surface area (Å²) in [5, 5.41) is 8.27. The lowest BCUT2D eigenvalue weighted by Crippen LogP contribution is -2.38. The molecule has 0 spiro atoms. The van der Waals surface area contributed by atoms with Gasteiger partial charge in [-0.25, -0.2) is 0 Å². The lowest BCUT2D eigenvalue weighted by Gasteiger charge is -2.16. The standard InChI is InChI=1S/C10H21N3O2/c1-4-8(5-6-11-2)13-10(15)7-9(14)12-3/h8,11H,4-7H2,1-3H3,(H,12,14)(H,13,15). The van der Waals surface area contributed by atoms with Crippen LogP contribution in [0.5, 0.6) is 0 Å². The van der Waals surface area contributed by atoms with Crippen molar-refractivity contribution in [3.05, 3.63) is 0 Å². The van der Waals surface area contributed by atoms with E-state index >= 15 is 0 Å². The van der Waals surface area contributed by atoms with E-state index in [0.717, 1.165) is 19.4 Å². The van der Waals surface area contributed by atoms with Crippen molar-refractivity contribution >= 4 is 11.8 Å². The molecule has 0 rings (SSSR count). The van der Waals surface area contributed by atoms with Crippen molar-refractivity contribution in [1.82, 2.24) is 16.0 Å². The molecule has 0 aliphatic heterocycles. The largest absolute Gasteiger partial charge is 0.359 e. The van der Waals surface area contributed by atoms with Crippen molar-refractivity contribution in [1.29, 1.82) is 0 Å². The molecular formula is C10H21N3O2. The molecule has 0 heterocycles. The van der Waals surface area contributed by atoms with Gasteiger partial charge in [0.25, 0.3) is 0 Å². The molecule has 0 aromatic carbocycles. The molecule has 0 saturated heterocycles. The van der Waals surface area contributed by atoms with Gasteiger partial charge in [0.05, 0.1) is 0 Å². The highest BCUT2D eigenvalue weighted by molar-refractivity contribution is 5.96. The molecule has 0 aliphatic carbocycles. The fourth-order valence-corrected chi connectivity index (χ4v) is 1.21. The van der Waals surface area contributed by atoms with Crippen LogP contribution in [-0.4, -0.2) is 38.5 Å². The van der Waals surface area contributed by atoms with Crippen LogP contribution in [0.25, 0.3) is 0 Å². The van der Waals surface area contributed by atoms with Crippen molar-refractivity contribution in [2.24, 2.45) is 0 Å². The van der Waals surface area contributed by atoms with Gasteiger partial charge in [-0.15, -0.1) is 0 Å². The summed E-state index contributed by atoms with van der Waals surface area (Å²) in [7, 11) is 3.40. The number of amides is 2. The van der Waals surface area contributed by atoms with Gasteiger partial charge in [0.1, 0.15) is 6.42 Å². The zero-order chi connectivity index (χ0) is 11.7. The monoisotopic (exact) mass is 215 g/mol. The number of carbonyl (C=O) groups excluding carboxylic acids is 2. The molecule has 0 bridgehead atoms. The predicted molar refractivity (Wildman–Crippen MR) is 59.4 cm³/mol. The van der Waals surface area contributed by atoms with E-state index in [4.69, 9.17) is 0 Å². The van der Waals surface area contributed by atoms with Crippen LogP contribution in [0, 0.1) is 0 Å². The van der Waals surface area contributed by atoms with Gasteiger partial charge in [0.15, 0.2) is 0 Å². The number of carbonyl (C=O) groups is 2. The molecule has 3 N–H and O–H groups in total. The Labute approximate surface area is 91.0 Å². The van der Waals surface area contributed by atoms with E-state index in [2.05, 4.69) is 16.0 Å². The normalized spacial score (nSPS) is 11.9. The van der Waals surface area contributed by atoms with E-state index in [1.165, 1.54) is 7.05 Å². The lowest BCUT2D eigenvalue weighted by molar-refractivity contribution is -0.129. The Hall–Kier alpha value is -1.10. The van der Waals surface area contributed by atoms with E-state index in [0.29, 0.717) is 0 Å². The lowest BCUT2D eigenvalue weighted by atomic mass is 10.1. The van der Waals surface area contributed by atoms with Crippen LogP contribution in [0.4, 0.5) is 0 Å². The molecule has 0 fully saturated rings. The van der Waals surface area contributed by atoms with Crippen LogP contribution in [0.1, 0.15) is 26.2 Å². The predicted octanol–water partition coefficient (Wildman–Crippen LogP) is -0.373. The second-order valence-corrected chi connectivity index (χ2v) is 3.41. The number of nitrogens with one attached hydrogen (secondary N) is 3. The quantitative estimate of drug-likeness (QED) is 0.507. The van der Waals surface area contributed by atoms with Crippen molar-refractivity contribution < 1.29 is 9.59 Å². The van der Waals surface area contributed by atoms with Crippen LogP contribution < -0.4 is 16.0 Å². The maximum Gasteiger partial charge on any atom is 0.229 e. The topological polar surface area (TPSA) is 70.2 Å². The van der Waals surface area contributed by atoms with Crippen LogP contribution in [0.3, 0.4) is 0 Å². The van der Waals surface area contributed by atoms with Crippen molar-refractivity contribution in [3.8, 4) is 0 Å². The van der Waals surface area contributed by atoms with Gasteiger partial charge in [-0.1, -0.05) is 6.92 Å². The van der Waals surface area contributed by atoms with E-state index < -0.39 is 0 Å². The van der Waals surface area contributed by atoms with Gasteiger partial charge < -0.3 is 16.0 Å². The van der Waals surface area contributed by atoms with Gasteiger partial charge in [-0.2, -0.15) is 0 Å². The summed E-state index contributed by atoms with van der Waals surface area (Å²) in [6.07, 6.45) is 1.67. The molecule has 88 valence electrons. The van der Waals surface area contributed by atoms with Gasteiger partial charge in [-0.3, -0.25) is 9.59 Å². The van der Waals surface area contributed by atoms with Gasteiger partial charge in [-0.05, 0) is 26.4 Å². The van der Waals surface area contributed by atoms with Crippen LogP contribution in [0.2, 0.25) is 0 Å². The van der Waals surface area contributed by atoms with Crippen LogP contribution in [0.15, 0.2) is 0 Å². The van der Waals surface area contributed by atoms with E-state index in [1.807, 2.05) is 14.0 Å². The molecule has 1 unspecified atom stereocenters. The van der Waals surface area contributed by atoms with Crippen molar-refractivity contribution in [3.63, 3.8) is 0 Å². The highest BCUT2D eigenvalue weighted by Gasteiger charge is 2.12. The highest BCUT2D eigenvalue weighted by atomic mass is 16.2. The minimum atomic E-state index is -0.254. The Morgan fingerprint density at radius 1 is 1.20 bits per heavy atom. The van der Waals surface area contributed by atoms with Crippen molar-refractivity contribution in [2.75, 3.05) is 20.6 Å². The van der Waals surface area contributed by atoms with E-state index in [-0.39, 0.29) is 24.3 Å².